The maximum absolute atomic E-state index is 9.01. The van der Waals surface area contributed by atoms with Crippen LogP contribution in [-0.2, 0) is 6.54 Å². The quantitative estimate of drug-likeness (QED) is 0.771. The smallest absolute Gasteiger partial charge is 0.0445 e. The van der Waals surface area contributed by atoms with E-state index < -0.39 is 0 Å². The minimum absolute atomic E-state index is 0.245. The lowest BCUT2D eigenvalue weighted by atomic mass is 10.1. The highest BCUT2D eigenvalue weighted by Gasteiger charge is 2.18. The first-order valence-corrected chi connectivity index (χ1v) is 8.64. The number of aliphatic hydroxyl groups is 1. The number of hydrogen-bond acceptors (Lipinski definition) is 4. The number of nitrogens with one attached hydrogen (secondary N) is 1. The molecule has 2 N–H and O–H groups in total. The number of anilines is 1. The number of piperazine rings is 1. The van der Waals surface area contributed by atoms with Crippen molar-refractivity contribution in [1.82, 2.24) is 10.2 Å². The molecule has 4 nitrogen and oxygen atoms in total. The summed E-state index contributed by atoms with van der Waals surface area (Å²) in [6, 6.07) is 9.05. The fraction of sp³-hybridized carbons (Fsp3) is 0.667. The van der Waals surface area contributed by atoms with Crippen LogP contribution in [0.1, 0.15) is 32.3 Å². The standard InChI is InChI=1S/C18H31N3O/c1-3-9-20-10-12-21(13-11-20)18-7-5-4-6-17(18)15-19-16(2)8-14-22/h4-7,16,19,22H,3,8-15H2,1-2H3. The van der Waals surface area contributed by atoms with Crippen LogP contribution in [0.2, 0.25) is 0 Å². The number of hydrogen-bond donors (Lipinski definition) is 2. The van der Waals surface area contributed by atoms with E-state index in [1.807, 2.05) is 0 Å². The van der Waals surface area contributed by atoms with Gasteiger partial charge < -0.3 is 15.3 Å². The minimum Gasteiger partial charge on any atom is -0.396 e. The average molecular weight is 305 g/mol. The van der Waals surface area contributed by atoms with Gasteiger partial charge in [0, 0.05) is 51.1 Å². The van der Waals surface area contributed by atoms with Crippen LogP contribution in [0.3, 0.4) is 0 Å². The Morgan fingerprint density at radius 1 is 1.18 bits per heavy atom. The van der Waals surface area contributed by atoms with Gasteiger partial charge in [0.25, 0.3) is 0 Å². The summed E-state index contributed by atoms with van der Waals surface area (Å²) in [7, 11) is 0. The highest BCUT2D eigenvalue weighted by molar-refractivity contribution is 5.54. The third-order valence-electron chi connectivity index (χ3n) is 4.45. The molecule has 0 aromatic heterocycles. The minimum atomic E-state index is 0.245. The molecule has 1 aliphatic rings. The zero-order valence-electron chi connectivity index (χ0n) is 14.1. The van der Waals surface area contributed by atoms with E-state index >= 15 is 0 Å². The van der Waals surface area contributed by atoms with Gasteiger partial charge in [0.2, 0.25) is 0 Å². The van der Waals surface area contributed by atoms with E-state index in [9.17, 15) is 0 Å². The van der Waals surface area contributed by atoms with Gasteiger partial charge in [-0.2, -0.15) is 0 Å². The van der Waals surface area contributed by atoms with Gasteiger partial charge >= 0.3 is 0 Å². The lowest BCUT2D eigenvalue weighted by Crippen LogP contribution is -2.47. The topological polar surface area (TPSA) is 38.7 Å². The highest BCUT2D eigenvalue weighted by atomic mass is 16.3. The van der Waals surface area contributed by atoms with Crippen molar-refractivity contribution >= 4 is 5.69 Å². The summed E-state index contributed by atoms with van der Waals surface area (Å²) in [5.41, 5.74) is 2.72. The number of aliphatic hydroxyl groups excluding tert-OH is 1. The molecule has 0 saturated carbocycles. The van der Waals surface area contributed by atoms with E-state index in [0.29, 0.717) is 6.04 Å². The first kappa shape index (κ1) is 17.3. The predicted molar refractivity (Wildman–Crippen MR) is 93.4 cm³/mol. The zero-order chi connectivity index (χ0) is 15.8. The van der Waals surface area contributed by atoms with Crippen molar-refractivity contribution in [3.05, 3.63) is 29.8 Å². The molecule has 0 bridgehead atoms. The van der Waals surface area contributed by atoms with Crippen LogP contribution >= 0.6 is 0 Å². The van der Waals surface area contributed by atoms with E-state index in [0.717, 1.165) is 39.1 Å². The van der Waals surface area contributed by atoms with Crippen LogP contribution in [0.25, 0.3) is 0 Å². The second-order valence-electron chi connectivity index (χ2n) is 6.25. The summed E-state index contributed by atoms with van der Waals surface area (Å²) in [4.78, 5) is 5.07. The van der Waals surface area contributed by atoms with Gasteiger partial charge in [0.05, 0.1) is 0 Å². The molecule has 0 aliphatic carbocycles. The molecule has 1 fully saturated rings. The molecule has 1 heterocycles. The summed E-state index contributed by atoms with van der Waals surface area (Å²) in [5, 5.41) is 12.5. The van der Waals surface area contributed by atoms with Crippen molar-refractivity contribution in [2.24, 2.45) is 0 Å². The molecule has 1 aromatic rings. The van der Waals surface area contributed by atoms with Crippen LogP contribution in [0.5, 0.6) is 0 Å². The molecule has 124 valence electrons. The van der Waals surface area contributed by atoms with E-state index in [4.69, 9.17) is 5.11 Å². The summed E-state index contributed by atoms with van der Waals surface area (Å²) < 4.78 is 0. The van der Waals surface area contributed by atoms with Crippen molar-refractivity contribution < 1.29 is 5.11 Å². The first-order chi connectivity index (χ1) is 10.7. The van der Waals surface area contributed by atoms with Gasteiger partial charge in [0.1, 0.15) is 0 Å². The molecule has 22 heavy (non-hydrogen) atoms. The summed E-state index contributed by atoms with van der Waals surface area (Å²) >= 11 is 0. The molecule has 0 spiro atoms. The monoisotopic (exact) mass is 305 g/mol. The SMILES string of the molecule is CCCN1CCN(c2ccccc2CNC(C)CCO)CC1. The van der Waals surface area contributed by atoms with E-state index in [1.165, 1.54) is 24.2 Å². The molecule has 0 radical (unpaired) electrons. The molecular weight excluding hydrogens is 274 g/mol. The summed E-state index contributed by atoms with van der Waals surface area (Å²) in [6.45, 7) is 11.3. The Kier molecular flexibility index (Phi) is 7.16. The maximum Gasteiger partial charge on any atom is 0.0445 e. The fourth-order valence-electron chi connectivity index (χ4n) is 3.08. The van der Waals surface area contributed by atoms with Crippen LogP contribution in [0, 0.1) is 0 Å². The van der Waals surface area contributed by atoms with E-state index in [1.54, 1.807) is 0 Å². The van der Waals surface area contributed by atoms with Crippen LogP contribution in [0.15, 0.2) is 24.3 Å². The second kappa shape index (κ2) is 9.13. The second-order valence-corrected chi connectivity index (χ2v) is 6.25. The molecule has 1 saturated heterocycles. The van der Waals surface area contributed by atoms with Crippen LogP contribution in [0.4, 0.5) is 5.69 Å². The maximum atomic E-state index is 9.01. The van der Waals surface area contributed by atoms with Crippen molar-refractivity contribution in [2.75, 3.05) is 44.2 Å². The van der Waals surface area contributed by atoms with Crippen LogP contribution < -0.4 is 10.2 Å². The lowest BCUT2D eigenvalue weighted by Gasteiger charge is -2.37. The van der Waals surface area contributed by atoms with Gasteiger partial charge in [-0.15, -0.1) is 0 Å². The molecule has 1 unspecified atom stereocenters. The van der Waals surface area contributed by atoms with Crippen molar-refractivity contribution in [3.8, 4) is 0 Å². The van der Waals surface area contributed by atoms with Crippen LogP contribution in [-0.4, -0.2) is 55.4 Å². The van der Waals surface area contributed by atoms with Crippen molar-refractivity contribution in [3.63, 3.8) is 0 Å². The molecule has 0 amide bonds. The molecule has 1 aromatic carbocycles. The van der Waals surface area contributed by atoms with Gasteiger partial charge in [-0.1, -0.05) is 25.1 Å². The average Bonchev–Trinajstić information content (AvgIpc) is 2.55. The Hall–Kier alpha value is -1.10. The number of nitrogens with zero attached hydrogens (tertiary/aromatic N) is 2. The van der Waals surface area contributed by atoms with Gasteiger partial charge in [-0.05, 0) is 37.9 Å². The van der Waals surface area contributed by atoms with Crippen molar-refractivity contribution in [1.29, 1.82) is 0 Å². The van der Waals surface area contributed by atoms with E-state index in [-0.39, 0.29) is 6.61 Å². The zero-order valence-corrected chi connectivity index (χ0v) is 14.1. The molecule has 2 rings (SSSR count). The summed E-state index contributed by atoms with van der Waals surface area (Å²) in [6.07, 6.45) is 2.04. The third-order valence-corrected chi connectivity index (χ3v) is 4.45. The Morgan fingerprint density at radius 2 is 1.91 bits per heavy atom. The Bertz CT molecular complexity index is 430. The van der Waals surface area contributed by atoms with Gasteiger partial charge in [-0.3, -0.25) is 4.90 Å². The van der Waals surface area contributed by atoms with Gasteiger partial charge in [0.15, 0.2) is 0 Å². The molecule has 1 atom stereocenters. The number of rotatable bonds is 8. The molecule has 1 aliphatic heterocycles. The summed E-state index contributed by atoms with van der Waals surface area (Å²) in [5.74, 6) is 0. The predicted octanol–water partition coefficient (Wildman–Crippen LogP) is 2.08. The Morgan fingerprint density at radius 3 is 2.59 bits per heavy atom. The normalized spacial score (nSPS) is 17.7. The lowest BCUT2D eigenvalue weighted by molar-refractivity contribution is 0.258. The Balaban J connectivity index is 1.94. The number of para-hydroxylation sites is 1. The van der Waals surface area contributed by atoms with E-state index in [2.05, 4.69) is 53.2 Å². The Labute approximate surface area is 135 Å². The fourth-order valence-corrected chi connectivity index (χ4v) is 3.08. The first-order valence-electron chi connectivity index (χ1n) is 8.64. The largest absolute Gasteiger partial charge is 0.396 e. The number of benzene rings is 1. The van der Waals surface area contributed by atoms with Crippen molar-refractivity contribution in [2.45, 2.75) is 39.3 Å². The highest BCUT2D eigenvalue weighted by Crippen LogP contribution is 2.22. The molecular formula is C18H31N3O. The third kappa shape index (κ3) is 4.97. The van der Waals surface area contributed by atoms with Gasteiger partial charge in [-0.25, -0.2) is 0 Å². The molecule has 4 heteroatoms.